The minimum Gasteiger partial charge on any atom is -0.373 e. The molecule has 2 amide bonds. The van der Waals surface area contributed by atoms with Gasteiger partial charge in [-0.15, -0.1) is 0 Å². The number of carbonyl (C=O) groups is 2. The first-order valence-corrected chi connectivity index (χ1v) is 14.1. The molecule has 1 spiro atoms. The molecule has 6 rings (SSSR count). The summed E-state index contributed by atoms with van der Waals surface area (Å²) in [6, 6.07) is 10.4. The Hall–Kier alpha value is -4.10. The number of aliphatic hydroxyl groups is 1. The van der Waals surface area contributed by atoms with Crippen LogP contribution < -0.4 is 10.6 Å². The Bertz CT molecular complexity index is 1630. The number of aromatic nitrogens is 1. The van der Waals surface area contributed by atoms with Crippen molar-refractivity contribution < 1.29 is 36.6 Å². The van der Waals surface area contributed by atoms with Gasteiger partial charge in [0.25, 0.3) is 0 Å². The Morgan fingerprint density at radius 1 is 1.09 bits per heavy atom. The lowest BCUT2D eigenvalue weighted by molar-refractivity contribution is -0.180. The molecule has 0 saturated carbocycles. The predicted molar refractivity (Wildman–Crippen MR) is 151 cm³/mol. The molecule has 44 heavy (non-hydrogen) atoms. The van der Waals surface area contributed by atoms with Crippen LogP contribution in [0.25, 0.3) is 0 Å². The first-order valence-electron chi connectivity index (χ1n) is 14.1. The van der Waals surface area contributed by atoms with E-state index < -0.39 is 72.5 Å². The molecule has 1 fully saturated rings. The second-order valence-electron chi connectivity index (χ2n) is 12.2. The number of rotatable bonds is 5. The van der Waals surface area contributed by atoms with E-state index >= 15 is 0 Å². The standard InChI is InChI=1S/C31H30F5N5O3/c1-29(2)28(44)41(24(14-40(29)16-31(34,35)36)18-8-20(32)11-21(33)9-18)15-25(42)38-22-6-5-17-12-30(13-19(17)10-22)23-4-3-7-37-26(23)39-27(30)43/h3-11,24,27,43H,12-16H2,1-2H3,(H,37,39)(H,38,42). The molecule has 1 saturated heterocycles. The summed E-state index contributed by atoms with van der Waals surface area (Å²) in [5, 5.41) is 16.7. The number of nitrogens with zero attached hydrogens (tertiary/aromatic N) is 3. The van der Waals surface area contributed by atoms with E-state index in [4.69, 9.17) is 0 Å². The fraction of sp³-hybridized carbons (Fsp3) is 0.387. The van der Waals surface area contributed by atoms with Crippen LogP contribution in [0.4, 0.5) is 33.5 Å². The fourth-order valence-corrected chi connectivity index (χ4v) is 6.74. The Labute approximate surface area is 249 Å². The third-order valence-corrected chi connectivity index (χ3v) is 8.94. The van der Waals surface area contributed by atoms with Gasteiger partial charge in [-0.25, -0.2) is 13.8 Å². The van der Waals surface area contributed by atoms with Crippen LogP contribution in [0.5, 0.6) is 0 Å². The third-order valence-electron chi connectivity index (χ3n) is 8.94. The highest BCUT2D eigenvalue weighted by Gasteiger charge is 2.52. The minimum atomic E-state index is -4.63. The van der Waals surface area contributed by atoms with E-state index in [1.807, 2.05) is 18.2 Å². The van der Waals surface area contributed by atoms with Crippen molar-refractivity contribution in [3.05, 3.63) is 88.6 Å². The first-order chi connectivity index (χ1) is 20.7. The monoisotopic (exact) mass is 615 g/mol. The van der Waals surface area contributed by atoms with Gasteiger partial charge in [0.2, 0.25) is 11.8 Å². The zero-order valence-corrected chi connectivity index (χ0v) is 23.9. The van der Waals surface area contributed by atoms with E-state index in [1.165, 1.54) is 13.8 Å². The summed E-state index contributed by atoms with van der Waals surface area (Å²) < 4.78 is 68.6. The van der Waals surface area contributed by atoms with E-state index in [9.17, 15) is 36.6 Å². The van der Waals surface area contributed by atoms with Gasteiger partial charge in [-0.1, -0.05) is 12.1 Å². The van der Waals surface area contributed by atoms with Crippen LogP contribution in [0.2, 0.25) is 0 Å². The van der Waals surface area contributed by atoms with E-state index in [0.29, 0.717) is 30.4 Å². The van der Waals surface area contributed by atoms with Gasteiger partial charge in [-0.2, -0.15) is 13.2 Å². The molecular formula is C31H30F5N5O3. The topological polar surface area (TPSA) is 97.8 Å². The SMILES string of the molecule is CC1(C)C(=O)N(CC(=O)Nc2ccc3c(c2)CC2(C3)c3cccnc3NC2O)C(c2cc(F)cc(F)c2)CN1CC(F)(F)F. The Morgan fingerprint density at radius 2 is 1.80 bits per heavy atom. The van der Waals surface area contributed by atoms with E-state index in [0.717, 1.165) is 38.6 Å². The molecule has 2 aromatic carbocycles. The van der Waals surface area contributed by atoms with Crippen molar-refractivity contribution in [3.8, 4) is 0 Å². The first kappa shape index (κ1) is 29.9. The molecule has 3 unspecified atom stereocenters. The maximum absolute atomic E-state index is 14.2. The highest BCUT2D eigenvalue weighted by molar-refractivity contribution is 5.96. The summed E-state index contributed by atoms with van der Waals surface area (Å²) in [5.41, 5.74) is 0.899. The number of hydrogen-bond donors (Lipinski definition) is 3. The quantitative estimate of drug-likeness (QED) is 0.371. The maximum atomic E-state index is 14.2. The number of amides is 2. The van der Waals surface area contributed by atoms with Crippen LogP contribution in [0, 0.1) is 11.6 Å². The predicted octanol–water partition coefficient (Wildman–Crippen LogP) is 4.31. The van der Waals surface area contributed by atoms with Gasteiger partial charge in [0.1, 0.15) is 30.2 Å². The summed E-state index contributed by atoms with van der Waals surface area (Å²) in [6.07, 6.45) is -2.80. The number of carbonyl (C=O) groups excluding carboxylic acids is 2. The number of benzene rings is 2. The second kappa shape index (κ2) is 10.5. The number of piperazine rings is 1. The average Bonchev–Trinajstić information content (AvgIpc) is 3.44. The lowest BCUT2D eigenvalue weighted by Crippen LogP contribution is -2.66. The van der Waals surface area contributed by atoms with Gasteiger partial charge in [0.15, 0.2) is 0 Å². The van der Waals surface area contributed by atoms with Crippen molar-refractivity contribution in [2.45, 2.75) is 56.1 Å². The molecule has 1 aromatic heterocycles. The van der Waals surface area contributed by atoms with Crippen molar-refractivity contribution >= 4 is 23.3 Å². The number of alkyl halides is 3. The Balaban J connectivity index is 1.24. The average molecular weight is 616 g/mol. The van der Waals surface area contributed by atoms with Crippen molar-refractivity contribution in [1.29, 1.82) is 0 Å². The van der Waals surface area contributed by atoms with Gasteiger partial charge >= 0.3 is 6.18 Å². The number of hydrogen-bond acceptors (Lipinski definition) is 6. The van der Waals surface area contributed by atoms with Crippen molar-refractivity contribution in [1.82, 2.24) is 14.8 Å². The summed E-state index contributed by atoms with van der Waals surface area (Å²) in [5.74, 6) is -2.72. The normalized spacial score (nSPS) is 24.3. The van der Waals surface area contributed by atoms with Gasteiger partial charge < -0.3 is 20.6 Å². The van der Waals surface area contributed by atoms with E-state index in [1.54, 1.807) is 18.3 Å². The van der Waals surface area contributed by atoms with Crippen molar-refractivity contribution in [2.24, 2.45) is 0 Å². The zero-order valence-electron chi connectivity index (χ0n) is 23.9. The molecule has 0 bridgehead atoms. The number of aliphatic hydroxyl groups excluding tert-OH is 1. The van der Waals surface area contributed by atoms with Crippen LogP contribution in [-0.4, -0.2) is 69.3 Å². The van der Waals surface area contributed by atoms with Gasteiger partial charge in [-0.05, 0) is 73.7 Å². The molecule has 232 valence electrons. The van der Waals surface area contributed by atoms with Crippen LogP contribution in [0.3, 0.4) is 0 Å². The van der Waals surface area contributed by atoms with Gasteiger partial charge in [0, 0.05) is 30.1 Å². The summed E-state index contributed by atoms with van der Waals surface area (Å²) in [4.78, 5) is 33.2. The second-order valence-corrected chi connectivity index (χ2v) is 12.2. The number of anilines is 2. The van der Waals surface area contributed by atoms with Gasteiger partial charge in [-0.3, -0.25) is 14.5 Å². The molecule has 0 radical (unpaired) electrons. The molecule has 3 atom stereocenters. The lowest BCUT2D eigenvalue weighted by atomic mass is 9.79. The lowest BCUT2D eigenvalue weighted by Gasteiger charge is -2.50. The highest BCUT2D eigenvalue weighted by Crippen LogP contribution is 2.49. The van der Waals surface area contributed by atoms with Crippen LogP contribution in [0.15, 0.2) is 54.7 Å². The number of pyridine rings is 1. The van der Waals surface area contributed by atoms with Crippen LogP contribution in [-0.2, 0) is 27.8 Å². The third kappa shape index (κ3) is 5.28. The number of fused-ring (bicyclic) bond motifs is 3. The number of nitrogens with one attached hydrogen (secondary N) is 2. The minimum absolute atomic E-state index is 0.0624. The Kier molecular flexibility index (Phi) is 7.16. The van der Waals surface area contributed by atoms with E-state index in [2.05, 4.69) is 15.6 Å². The Morgan fingerprint density at radius 3 is 2.50 bits per heavy atom. The highest BCUT2D eigenvalue weighted by atomic mass is 19.4. The molecule has 8 nitrogen and oxygen atoms in total. The maximum Gasteiger partial charge on any atom is 0.401 e. The zero-order chi connectivity index (χ0) is 31.6. The summed E-state index contributed by atoms with van der Waals surface area (Å²) in [6.45, 7) is 0.270. The number of halogens is 5. The van der Waals surface area contributed by atoms with Gasteiger partial charge in [0.05, 0.1) is 23.5 Å². The molecule has 13 heteroatoms. The smallest absolute Gasteiger partial charge is 0.373 e. The molecule has 3 N–H and O–H groups in total. The van der Waals surface area contributed by atoms with Crippen LogP contribution in [0.1, 0.15) is 42.1 Å². The van der Waals surface area contributed by atoms with Crippen LogP contribution >= 0.6 is 0 Å². The molecule has 3 aliphatic rings. The molecule has 3 aromatic rings. The van der Waals surface area contributed by atoms with Crippen molar-refractivity contribution in [3.63, 3.8) is 0 Å². The molecule has 2 aliphatic heterocycles. The summed E-state index contributed by atoms with van der Waals surface area (Å²) in [7, 11) is 0. The molecular weight excluding hydrogens is 585 g/mol. The largest absolute Gasteiger partial charge is 0.401 e. The fourth-order valence-electron chi connectivity index (χ4n) is 6.74. The molecule has 1 aliphatic carbocycles. The van der Waals surface area contributed by atoms with Crippen molar-refractivity contribution in [2.75, 3.05) is 30.3 Å². The summed E-state index contributed by atoms with van der Waals surface area (Å²) >= 11 is 0. The molecule has 3 heterocycles. The van der Waals surface area contributed by atoms with E-state index in [-0.39, 0.29) is 5.56 Å².